The van der Waals surface area contributed by atoms with Crippen molar-refractivity contribution < 1.29 is 80.2 Å². The second-order valence-corrected chi connectivity index (χ2v) is 33.8. The van der Waals surface area contributed by atoms with Gasteiger partial charge in [-0.1, -0.05) is 395 Å². The molecule has 19 heteroatoms. The van der Waals surface area contributed by atoms with Crippen LogP contribution in [0.5, 0.6) is 0 Å². The predicted octanol–water partition coefficient (Wildman–Crippen LogP) is 25.5. The summed E-state index contributed by atoms with van der Waals surface area (Å²) in [5.74, 6) is -0.470. The summed E-state index contributed by atoms with van der Waals surface area (Å²) >= 11 is 0. The third-order valence-electron chi connectivity index (χ3n) is 20.1. The van der Waals surface area contributed by atoms with Gasteiger partial charge in [0.1, 0.15) is 19.3 Å². The number of carbonyl (C=O) groups excluding carboxylic acids is 4. The van der Waals surface area contributed by atoms with Gasteiger partial charge in [0.2, 0.25) is 0 Å². The first-order valence-electron chi connectivity index (χ1n) is 43.5. The summed E-state index contributed by atoms with van der Waals surface area (Å²) in [7, 11) is -9.91. The zero-order valence-electron chi connectivity index (χ0n) is 67.6. The lowest BCUT2D eigenvalue weighted by molar-refractivity contribution is -0.161. The Morgan fingerprint density at radius 1 is 0.282 bits per heavy atom. The number of esters is 4. The molecule has 0 spiro atoms. The summed E-state index contributed by atoms with van der Waals surface area (Å²) < 4.78 is 68.6. The first-order chi connectivity index (χ1) is 49.9. The molecule has 0 radical (unpaired) electrons. The van der Waals surface area contributed by atoms with Crippen LogP contribution < -0.4 is 0 Å². The van der Waals surface area contributed by atoms with E-state index in [0.717, 1.165) is 108 Å². The summed E-state index contributed by atoms with van der Waals surface area (Å²) in [4.78, 5) is 72.8. The van der Waals surface area contributed by atoms with Gasteiger partial charge in [-0.3, -0.25) is 37.3 Å². The number of aliphatic hydroxyl groups excluding tert-OH is 1. The predicted molar refractivity (Wildman–Crippen MR) is 423 cm³/mol. The molecule has 103 heavy (non-hydrogen) atoms. The van der Waals surface area contributed by atoms with Crippen molar-refractivity contribution in [3.63, 3.8) is 0 Å². The topological polar surface area (TPSA) is 237 Å². The van der Waals surface area contributed by atoms with Crippen molar-refractivity contribution in [3.05, 3.63) is 0 Å². The molecule has 0 amide bonds. The van der Waals surface area contributed by atoms with E-state index in [4.69, 9.17) is 37.0 Å². The quantitative estimate of drug-likeness (QED) is 0.0222. The Hall–Kier alpha value is -1.94. The van der Waals surface area contributed by atoms with Crippen LogP contribution in [0.3, 0.4) is 0 Å². The Morgan fingerprint density at radius 3 is 0.738 bits per heavy atom. The summed E-state index contributed by atoms with van der Waals surface area (Å²) in [6.45, 7) is 9.63. The molecule has 0 saturated heterocycles. The lowest BCUT2D eigenvalue weighted by atomic mass is 9.99. The molecule has 17 nitrogen and oxygen atoms in total. The third-order valence-corrected chi connectivity index (χ3v) is 22.0. The van der Waals surface area contributed by atoms with E-state index in [1.807, 2.05) is 0 Å². The maximum atomic E-state index is 13.1. The standard InChI is InChI=1S/C84H164O17P2/c1-7-10-12-14-15-16-17-18-19-20-21-22-23-27-30-33-39-44-49-55-61-67-82(87)95-73-80(101-84(89)69-62-56-50-45-40-34-31-28-25-24-26-29-32-38-43-48-54-59-65-77(6)9-3)75-99-103(92,93)97-71-78(85)70-96-102(90,91)98-74-79(72-94-81(86)66-60-52-13-11-8-2)100-83(88)68-63-57-51-46-41-36-35-37-42-47-53-58-64-76(4)5/h76-80,85H,7-75H2,1-6H3,(H,90,91)(H,92,93)/t77?,78-,79+,80+/m0/s1. The first-order valence-corrected chi connectivity index (χ1v) is 46.5. The smallest absolute Gasteiger partial charge is 0.462 e. The second-order valence-electron chi connectivity index (χ2n) is 30.9. The number of phosphoric ester groups is 2. The Balaban J connectivity index is 5.10. The van der Waals surface area contributed by atoms with Crippen LogP contribution in [0.1, 0.15) is 446 Å². The van der Waals surface area contributed by atoms with Gasteiger partial charge in [0.25, 0.3) is 0 Å². The molecule has 0 aromatic rings. The fourth-order valence-corrected chi connectivity index (χ4v) is 14.6. The van der Waals surface area contributed by atoms with E-state index in [0.29, 0.717) is 25.7 Å². The van der Waals surface area contributed by atoms with Crippen molar-refractivity contribution in [2.75, 3.05) is 39.6 Å². The summed E-state index contributed by atoms with van der Waals surface area (Å²) in [6, 6.07) is 0. The molecule has 0 saturated carbocycles. The third kappa shape index (κ3) is 76.6. The average molecular weight is 1510 g/mol. The van der Waals surface area contributed by atoms with Crippen LogP contribution in [0.4, 0.5) is 0 Å². The summed E-state index contributed by atoms with van der Waals surface area (Å²) in [6.07, 6.45) is 67.2. The van der Waals surface area contributed by atoms with Crippen molar-refractivity contribution in [1.29, 1.82) is 0 Å². The van der Waals surface area contributed by atoms with Crippen LogP contribution in [0.2, 0.25) is 0 Å². The van der Waals surface area contributed by atoms with E-state index in [1.54, 1.807) is 0 Å². The highest BCUT2D eigenvalue weighted by molar-refractivity contribution is 7.47. The van der Waals surface area contributed by atoms with Crippen molar-refractivity contribution in [2.24, 2.45) is 11.8 Å². The molecule has 0 aromatic heterocycles. The average Bonchev–Trinajstić information content (AvgIpc) is 0.987. The van der Waals surface area contributed by atoms with E-state index < -0.39 is 97.5 Å². The highest BCUT2D eigenvalue weighted by atomic mass is 31.2. The monoisotopic (exact) mass is 1510 g/mol. The number of carbonyl (C=O) groups is 4. The highest BCUT2D eigenvalue weighted by Crippen LogP contribution is 2.45. The van der Waals surface area contributed by atoms with Crippen molar-refractivity contribution in [2.45, 2.75) is 464 Å². The van der Waals surface area contributed by atoms with E-state index in [9.17, 15) is 43.2 Å². The lowest BCUT2D eigenvalue weighted by Gasteiger charge is -2.21. The van der Waals surface area contributed by atoms with Gasteiger partial charge in [-0.05, 0) is 37.5 Å². The molecule has 0 rings (SSSR count). The molecule has 0 bridgehead atoms. The van der Waals surface area contributed by atoms with Crippen LogP contribution in [-0.2, 0) is 65.4 Å². The lowest BCUT2D eigenvalue weighted by Crippen LogP contribution is -2.30. The molecule has 0 aromatic carbocycles. The normalized spacial score (nSPS) is 14.1. The minimum Gasteiger partial charge on any atom is -0.462 e. The van der Waals surface area contributed by atoms with Gasteiger partial charge in [0.15, 0.2) is 12.2 Å². The molecule has 3 unspecified atom stereocenters. The Bertz CT molecular complexity index is 1980. The number of unbranched alkanes of at least 4 members (excludes halogenated alkanes) is 52. The number of aliphatic hydroxyl groups is 1. The fraction of sp³-hybridized carbons (Fsp3) is 0.952. The second kappa shape index (κ2) is 75.5. The number of rotatable bonds is 83. The molecule has 0 aliphatic rings. The number of hydrogen-bond acceptors (Lipinski definition) is 15. The van der Waals surface area contributed by atoms with Crippen LogP contribution in [0.15, 0.2) is 0 Å². The minimum absolute atomic E-state index is 0.106. The summed E-state index contributed by atoms with van der Waals surface area (Å²) in [5, 5.41) is 10.6. The van der Waals surface area contributed by atoms with Gasteiger partial charge in [0, 0.05) is 25.7 Å². The first kappa shape index (κ1) is 101. The highest BCUT2D eigenvalue weighted by Gasteiger charge is 2.30. The van der Waals surface area contributed by atoms with E-state index in [-0.39, 0.29) is 25.7 Å². The Kier molecular flexibility index (Phi) is 74.1. The van der Waals surface area contributed by atoms with Crippen LogP contribution >= 0.6 is 15.6 Å². The van der Waals surface area contributed by atoms with Crippen molar-refractivity contribution in [3.8, 4) is 0 Å². The molecular formula is C84H164O17P2. The van der Waals surface area contributed by atoms with Crippen LogP contribution in [-0.4, -0.2) is 96.7 Å². The fourth-order valence-electron chi connectivity index (χ4n) is 13.0. The molecule has 3 N–H and O–H groups in total. The zero-order valence-corrected chi connectivity index (χ0v) is 69.4. The van der Waals surface area contributed by atoms with Crippen LogP contribution in [0.25, 0.3) is 0 Å². The van der Waals surface area contributed by atoms with Gasteiger partial charge in [0.05, 0.1) is 26.4 Å². The van der Waals surface area contributed by atoms with Gasteiger partial charge in [-0.25, -0.2) is 9.13 Å². The van der Waals surface area contributed by atoms with Gasteiger partial charge < -0.3 is 33.8 Å². The Morgan fingerprint density at radius 2 is 0.495 bits per heavy atom. The Labute approximate surface area is 632 Å². The molecule has 0 heterocycles. The molecular weight excluding hydrogens is 1340 g/mol. The van der Waals surface area contributed by atoms with Gasteiger partial charge in [-0.2, -0.15) is 0 Å². The van der Waals surface area contributed by atoms with Crippen LogP contribution in [0, 0.1) is 11.8 Å². The minimum atomic E-state index is -4.96. The van der Waals surface area contributed by atoms with Crippen molar-refractivity contribution in [1.82, 2.24) is 0 Å². The largest absolute Gasteiger partial charge is 0.472 e. The number of hydrogen-bond donors (Lipinski definition) is 3. The zero-order chi connectivity index (χ0) is 75.6. The molecule has 612 valence electrons. The van der Waals surface area contributed by atoms with E-state index in [2.05, 4.69) is 41.5 Å². The number of phosphoric acid groups is 2. The molecule has 6 atom stereocenters. The van der Waals surface area contributed by atoms with Crippen molar-refractivity contribution >= 4 is 39.5 Å². The molecule has 0 aliphatic carbocycles. The maximum absolute atomic E-state index is 13.1. The molecule has 0 fully saturated rings. The number of ether oxygens (including phenoxy) is 4. The van der Waals surface area contributed by atoms with E-state index in [1.165, 1.54) is 257 Å². The van der Waals surface area contributed by atoms with E-state index >= 15 is 0 Å². The molecule has 0 aliphatic heterocycles. The van der Waals surface area contributed by atoms with Gasteiger partial charge in [-0.15, -0.1) is 0 Å². The summed E-state index contributed by atoms with van der Waals surface area (Å²) in [5.41, 5.74) is 0. The SMILES string of the molecule is CCCCCCCCCCCCCCCCCCCCCCCC(=O)OC[C@H](COP(=O)(O)OC[C@@H](O)COP(=O)(O)OC[C@@H](COC(=O)CCCCCCC)OC(=O)CCCCCCCCCCCCCCC(C)C)OC(=O)CCCCCCCCCCCCCCCCCCCCC(C)CC. The van der Waals surface area contributed by atoms with Gasteiger partial charge >= 0.3 is 39.5 Å². The maximum Gasteiger partial charge on any atom is 0.472 e.